The fourth-order valence-electron chi connectivity index (χ4n) is 4.28. The van der Waals surface area contributed by atoms with Crippen LogP contribution in [-0.2, 0) is 4.74 Å². The van der Waals surface area contributed by atoms with Gasteiger partial charge in [0.2, 0.25) is 5.95 Å². The smallest absolute Gasteiger partial charge is 0.416 e. The molecule has 4 heterocycles. The van der Waals surface area contributed by atoms with Crippen LogP contribution in [-0.4, -0.2) is 57.8 Å². The molecule has 3 aliphatic rings. The summed E-state index contributed by atoms with van der Waals surface area (Å²) in [5.41, 5.74) is -0.428. The Morgan fingerprint density at radius 2 is 2.10 bits per heavy atom. The van der Waals surface area contributed by atoms with Crippen molar-refractivity contribution in [2.24, 2.45) is 10.9 Å². The van der Waals surface area contributed by atoms with E-state index in [1.54, 1.807) is 42.0 Å². The number of aliphatic imine (C=N–C) groups is 1. The Hall–Kier alpha value is -3.56. The highest BCUT2D eigenvalue weighted by molar-refractivity contribution is 5.89. The molecule has 0 radical (unpaired) electrons. The molecule has 2 aromatic rings. The molecule has 1 aliphatic carbocycles. The molecule has 1 saturated carbocycles. The Morgan fingerprint density at radius 3 is 2.87 bits per heavy atom. The molecule has 10 nitrogen and oxygen atoms in total. The summed E-state index contributed by atoms with van der Waals surface area (Å²) < 4.78 is 5.80. The van der Waals surface area contributed by atoms with Crippen molar-refractivity contribution in [3.05, 3.63) is 42.9 Å². The van der Waals surface area contributed by atoms with Crippen LogP contribution in [0.4, 0.5) is 22.4 Å². The van der Waals surface area contributed by atoms with Gasteiger partial charge in [-0.2, -0.15) is 10.1 Å². The number of nitrogens with one attached hydrogen (secondary N) is 1. The molecule has 0 unspecified atom stereocenters. The number of aromatic nitrogens is 4. The van der Waals surface area contributed by atoms with Crippen molar-refractivity contribution in [3.8, 4) is 0 Å². The van der Waals surface area contributed by atoms with Gasteiger partial charge in [-0.05, 0) is 55.9 Å². The van der Waals surface area contributed by atoms with Gasteiger partial charge in [-0.3, -0.25) is 4.90 Å². The van der Waals surface area contributed by atoms with Crippen LogP contribution in [0.5, 0.6) is 0 Å². The fourth-order valence-corrected chi connectivity index (χ4v) is 4.28. The van der Waals surface area contributed by atoms with E-state index < -0.39 is 5.60 Å². The van der Waals surface area contributed by atoms with E-state index in [4.69, 9.17) is 4.74 Å². The SMILES string of the molecule is O=C1OC2(CCC(CNc3nccc(N4C=NC=CC4)n3)CC2)CN1c1cccnn1. The summed E-state index contributed by atoms with van der Waals surface area (Å²) in [6.07, 6.45) is 12.1. The van der Waals surface area contributed by atoms with Crippen molar-refractivity contribution >= 4 is 30.0 Å². The number of amides is 1. The Bertz CT molecular complexity index is 988. The van der Waals surface area contributed by atoms with E-state index in [1.165, 1.54) is 0 Å². The molecule has 5 rings (SSSR count). The van der Waals surface area contributed by atoms with Crippen LogP contribution in [0.15, 0.2) is 47.9 Å². The molecule has 2 aliphatic heterocycles. The lowest BCUT2D eigenvalue weighted by Crippen LogP contribution is -2.39. The molecule has 1 saturated heterocycles. The van der Waals surface area contributed by atoms with E-state index >= 15 is 0 Å². The lowest BCUT2D eigenvalue weighted by molar-refractivity contribution is 0.0148. The van der Waals surface area contributed by atoms with Crippen LogP contribution in [0, 0.1) is 5.92 Å². The van der Waals surface area contributed by atoms with Crippen LogP contribution >= 0.6 is 0 Å². The minimum Gasteiger partial charge on any atom is -0.441 e. The van der Waals surface area contributed by atoms with Gasteiger partial charge in [0.1, 0.15) is 11.4 Å². The molecule has 1 amide bonds. The van der Waals surface area contributed by atoms with E-state index in [0.717, 1.165) is 44.6 Å². The summed E-state index contributed by atoms with van der Waals surface area (Å²) in [6.45, 7) is 2.06. The second-order valence-corrected chi connectivity index (χ2v) is 8.08. The molecule has 0 bridgehead atoms. The molecular formula is C21H24N8O2. The number of hydrogen-bond acceptors (Lipinski definition) is 9. The first-order valence-electron chi connectivity index (χ1n) is 10.5. The zero-order valence-electron chi connectivity index (χ0n) is 17.1. The normalized spacial score (nSPS) is 25.2. The predicted molar refractivity (Wildman–Crippen MR) is 116 cm³/mol. The fraction of sp³-hybridized carbons (Fsp3) is 0.429. The molecule has 0 atom stereocenters. The number of rotatable bonds is 5. The van der Waals surface area contributed by atoms with E-state index in [2.05, 4.69) is 30.5 Å². The molecule has 1 N–H and O–H groups in total. The minimum absolute atomic E-state index is 0.335. The van der Waals surface area contributed by atoms with Crippen molar-refractivity contribution in [3.63, 3.8) is 0 Å². The Labute approximate surface area is 180 Å². The third-order valence-electron chi connectivity index (χ3n) is 6.01. The van der Waals surface area contributed by atoms with Gasteiger partial charge in [0.05, 0.1) is 12.9 Å². The molecule has 2 fully saturated rings. The van der Waals surface area contributed by atoms with Crippen LogP contribution in [0.3, 0.4) is 0 Å². The predicted octanol–water partition coefficient (Wildman–Crippen LogP) is 2.63. The maximum atomic E-state index is 12.4. The summed E-state index contributed by atoms with van der Waals surface area (Å²) >= 11 is 0. The van der Waals surface area contributed by atoms with Gasteiger partial charge < -0.3 is 15.0 Å². The van der Waals surface area contributed by atoms with E-state index in [1.807, 2.05) is 17.0 Å². The van der Waals surface area contributed by atoms with E-state index in [-0.39, 0.29) is 6.09 Å². The van der Waals surface area contributed by atoms with Gasteiger partial charge in [0.15, 0.2) is 5.82 Å². The number of anilines is 3. The van der Waals surface area contributed by atoms with Crippen LogP contribution in [0.25, 0.3) is 0 Å². The van der Waals surface area contributed by atoms with Crippen molar-refractivity contribution in [1.82, 2.24) is 20.2 Å². The number of ether oxygens (including phenoxy) is 1. The Kier molecular flexibility index (Phi) is 5.19. The summed E-state index contributed by atoms with van der Waals surface area (Å²) in [7, 11) is 0. The standard InChI is InChI=1S/C21H24N8O2/c30-20-29(18-3-1-10-25-27-18)14-21(31-20)7-4-16(5-8-21)13-24-19-23-11-6-17(26-19)28-12-2-9-22-15-28/h1-3,6,9-11,15-16H,4-5,7-8,12-14H2,(H,23,24,26). The third kappa shape index (κ3) is 4.18. The topological polar surface area (TPSA) is 109 Å². The highest BCUT2D eigenvalue weighted by atomic mass is 16.6. The van der Waals surface area contributed by atoms with Crippen molar-refractivity contribution in [2.75, 3.05) is 34.8 Å². The summed E-state index contributed by atoms with van der Waals surface area (Å²) in [5.74, 6) is 2.44. The first-order chi connectivity index (χ1) is 15.2. The largest absolute Gasteiger partial charge is 0.441 e. The van der Waals surface area contributed by atoms with Crippen molar-refractivity contribution in [1.29, 1.82) is 0 Å². The van der Waals surface area contributed by atoms with Gasteiger partial charge in [0, 0.05) is 31.7 Å². The van der Waals surface area contributed by atoms with Gasteiger partial charge in [-0.1, -0.05) is 0 Å². The number of carbonyl (C=O) groups is 1. The lowest BCUT2D eigenvalue weighted by Gasteiger charge is -2.35. The van der Waals surface area contributed by atoms with E-state index in [0.29, 0.717) is 24.2 Å². The van der Waals surface area contributed by atoms with Crippen LogP contribution in [0.1, 0.15) is 25.7 Å². The van der Waals surface area contributed by atoms with E-state index in [9.17, 15) is 4.79 Å². The van der Waals surface area contributed by atoms with Gasteiger partial charge >= 0.3 is 6.09 Å². The van der Waals surface area contributed by atoms with Crippen LogP contribution in [0.2, 0.25) is 0 Å². The first kappa shape index (κ1) is 19.4. The Morgan fingerprint density at radius 1 is 1.19 bits per heavy atom. The third-order valence-corrected chi connectivity index (χ3v) is 6.01. The highest BCUT2D eigenvalue weighted by Gasteiger charge is 2.48. The summed E-state index contributed by atoms with van der Waals surface area (Å²) in [4.78, 5) is 29.0. The molecule has 31 heavy (non-hydrogen) atoms. The second-order valence-electron chi connectivity index (χ2n) is 8.08. The maximum Gasteiger partial charge on any atom is 0.416 e. The molecule has 160 valence electrons. The van der Waals surface area contributed by atoms with Gasteiger partial charge in [-0.15, -0.1) is 5.10 Å². The summed E-state index contributed by atoms with van der Waals surface area (Å²) in [5, 5.41) is 11.3. The molecule has 1 spiro atoms. The quantitative estimate of drug-likeness (QED) is 0.786. The van der Waals surface area contributed by atoms with Gasteiger partial charge in [0.25, 0.3) is 0 Å². The highest BCUT2D eigenvalue weighted by Crippen LogP contribution is 2.40. The minimum atomic E-state index is -0.428. The zero-order valence-corrected chi connectivity index (χ0v) is 17.1. The molecule has 0 aromatic carbocycles. The second kappa shape index (κ2) is 8.29. The molecule has 10 heteroatoms. The average molecular weight is 420 g/mol. The summed E-state index contributed by atoms with van der Waals surface area (Å²) in [6, 6.07) is 5.43. The van der Waals surface area contributed by atoms with Crippen LogP contribution < -0.4 is 15.1 Å². The Balaban J connectivity index is 1.15. The lowest BCUT2D eigenvalue weighted by atomic mass is 9.78. The maximum absolute atomic E-state index is 12.4. The average Bonchev–Trinajstić information content (AvgIpc) is 3.16. The number of nitrogens with zero attached hydrogens (tertiary/aromatic N) is 7. The number of hydrogen-bond donors (Lipinski definition) is 1. The van der Waals surface area contributed by atoms with Gasteiger partial charge in [-0.25, -0.2) is 14.8 Å². The van der Waals surface area contributed by atoms with Crippen molar-refractivity contribution in [2.45, 2.75) is 31.3 Å². The monoisotopic (exact) mass is 420 g/mol. The molecular weight excluding hydrogens is 396 g/mol. The van der Waals surface area contributed by atoms with Crippen molar-refractivity contribution < 1.29 is 9.53 Å². The molecule has 2 aromatic heterocycles. The first-order valence-corrected chi connectivity index (χ1v) is 10.5. The zero-order chi connectivity index (χ0) is 21.1. The number of carbonyl (C=O) groups excluding carboxylic acids is 1.